The lowest BCUT2D eigenvalue weighted by atomic mass is 10.1. The van der Waals surface area contributed by atoms with Gasteiger partial charge in [0.15, 0.2) is 0 Å². The fourth-order valence-corrected chi connectivity index (χ4v) is 4.74. The third-order valence-corrected chi connectivity index (χ3v) is 6.69. The summed E-state index contributed by atoms with van der Waals surface area (Å²) >= 11 is 6.15. The number of carbonyl (C=O) groups excluding carboxylic acids is 2. The summed E-state index contributed by atoms with van der Waals surface area (Å²) in [5.41, 5.74) is 1.25. The molecule has 2 aliphatic heterocycles. The van der Waals surface area contributed by atoms with Gasteiger partial charge < -0.3 is 24.2 Å². The van der Waals surface area contributed by atoms with Crippen LogP contribution in [0.25, 0.3) is 0 Å². The minimum Gasteiger partial charge on any atom is -0.495 e. The number of piperidine rings is 1. The van der Waals surface area contributed by atoms with Crippen molar-refractivity contribution in [2.45, 2.75) is 25.7 Å². The van der Waals surface area contributed by atoms with Gasteiger partial charge in [0.1, 0.15) is 18.0 Å². The molecule has 2 amide bonds. The summed E-state index contributed by atoms with van der Waals surface area (Å²) in [4.78, 5) is 31.4. The zero-order valence-corrected chi connectivity index (χ0v) is 20.4. The lowest BCUT2D eigenvalue weighted by molar-refractivity contribution is -0.120. The van der Waals surface area contributed by atoms with Crippen molar-refractivity contribution in [2.24, 2.45) is 0 Å². The van der Waals surface area contributed by atoms with E-state index >= 15 is 0 Å². The minimum atomic E-state index is -0.217. The number of ether oxygens (including phenoxy) is 2. The molecule has 2 heterocycles. The topological polar surface area (TPSA) is 62.3 Å². The van der Waals surface area contributed by atoms with Crippen LogP contribution in [0.15, 0.2) is 42.5 Å². The van der Waals surface area contributed by atoms with Crippen LogP contribution in [0.1, 0.15) is 36.0 Å². The average Bonchev–Trinajstić information content (AvgIpc) is 2.87. The first-order chi connectivity index (χ1) is 16.5. The zero-order valence-electron chi connectivity index (χ0n) is 19.7. The van der Waals surface area contributed by atoms with E-state index in [1.165, 1.54) is 39.5 Å². The summed E-state index contributed by atoms with van der Waals surface area (Å²) in [6.45, 7) is 5.08. The second-order valence-electron chi connectivity index (χ2n) is 8.72. The first-order valence-electron chi connectivity index (χ1n) is 11.9. The number of amides is 2. The minimum absolute atomic E-state index is 0.0250. The molecule has 2 aliphatic rings. The van der Waals surface area contributed by atoms with Crippen molar-refractivity contribution >= 4 is 29.1 Å². The Bertz CT molecular complexity index is 992. The molecule has 2 saturated heterocycles. The number of hydrogen-bond acceptors (Lipinski definition) is 5. The monoisotopic (exact) mass is 485 g/mol. The van der Waals surface area contributed by atoms with Crippen LogP contribution < -0.4 is 14.4 Å². The highest BCUT2D eigenvalue weighted by molar-refractivity contribution is 6.32. The van der Waals surface area contributed by atoms with E-state index < -0.39 is 0 Å². The highest BCUT2D eigenvalue weighted by Gasteiger charge is 2.29. The quantitative estimate of drug-likeness (QED) is 0.527. The zero-order chi connectivity index (χ0) is 23.9. The number of anilines is 1. The van der Waals surface area contributed by atoms with Crippen LogP contribution in [-0.2, 0) is 4.79 Å². The molecule has 182 valence electrons. The smallest absolute Gasteiger partial charge is 0.254 e. The summed E-state index contributed by atoms with van der Waals surface area (Å²) in [5.74, 6) is 0.980. The SMILES string of the molecule is COc1ccc(C(=O)N2CCN(c3ccc(OCCCN4CCCCC4)cc3)C(=O)C2)cc1Cl. The van der Waals surface area contributed by atoms with Gasteiger partial charge in [0.2, 0.25) is 5.91 Å². The Kier molecular flexibility index (Phi) is 8.29. The Balaban J connectivity index is 1.26. The molecule has 0 bridgehead atoms. The number of rotatable bonds is 8. The summed E-state index contributed by atoms with van der Waals surface area (Å²) in [6, 6.07) is 12.5. The Hall–Kier alpha value is -2.77. The van der Waals surface area contributed by atoms with Gasteiger partial charge in [0, 0.05) is 30.9 Å². The Morgan fingerprint density at radius 2 is 1.76 bits per heavy atom. The Morgan fingerprint density at radius 3 is 2.44 bits per heavy atom. The first kappa shape index (κ1) is 24.4. The number of hydrogen-bond donors (Lipinski definition) is 0. The van der Waals surface area contributed by atoms with Crippen molar-refractivity contribution in [3.05, 3.63) is 53.1 Å². The maximum Gasteiger partial charge on any atom is 0.254 e. The summed E-state index contributed by atoms with van der Waals surface area (Å²) in [6.07, 6.45) is 4.97. The van der Waals surface area contributed by atoms with Crippen LogP contribution in [-0.4, -0.2) is 74.6 Å². The van der Waals surface area contributed by atoms with E-state index in [0.29, 0.717) is 36.0 Å². The van der Waals surface area contributed by atoms with Crippen LogP contribution in [0.5, 0.6) is 11.5 Å². The number of nitrogens with zero attached hydrogens (tertiary/aromatic N) is 3. The van der Waals surface area contributed by atoms with Gasteiger partial charge in [-0.1, -0.05) is 18.0 Å². The predicted octanol–water partition coefficient (Wildman–Crippen LogP) is 4.09. The summed E-state index contributed by atoms with van der Waals surface area (Å²) in [5, 5.41) is 0.368. The lowest BCUT2D eigenvalue weighted by Crippen LogP contribution is -2.52. The Morgan fingerprint density at radius 1 is 1.00 bits per heavy atom. The van der Waals surface area contributed by atoms with Crippen LogP contribution in [0, 0.1) is 0 Å². The van der Waals surface area contributed by atoms with Crippen LogP contribution >= 0.6 is 11.6 Å². The van der Waals surface area contributed by atoms with Gasteiger partial charge in [0.25, 0.3) is 5.91 Å². The van der Waals surface area contributed by atoms with Crippen molar-refractivity contribution < 1.29 is 19.1 Å². The number of piperazine rings is 1. The van der Waals surface area contributed by atoms with E-state index in [1.807, 2.05) is 24.3 Å². The lowest BCUT2D eigenvalue weighted by Gasteiger charge is -2.34. The molecule has 0 spiro atoms. The van der Waals surface area contributed by atoms with Crippen molar-refractivity contribution in [3.63, 3.8) is 0 Å². The number of benzene rings is 2. The molecule has 2 aromatic carbocycles. The number of halogens is 1. The molecule has 0 radical (unpaired) electrons. The molecule has 2 aromatic rings. The molecule has 34 heavy (non-hydrogen) atoms. The van der Waals surface area contributed by atoms with Crippen molar-refractivity contribution in [2.75, 3.05) is 57.9 Å². The molecule has 0 atom stereocenters. The van der Waals surface area contributed by atoms with E-state index in [1.54, 1.807) is 28.0 Å². The molecular weight excluding hydrogens is 454 g/mol. The number of likely N-dealkylation sites (tertiary alicyclic amines) is 1. The predicted molar refractivity (Wildman–Crippen MR) is 133 cm³/mol. The molecule has 2 fully saturated rings. The average molecular weight is 486 g/mol. The van der Waals surface area contributed by atoms with Crippen molar-refractivity contribution in [1.29, 1.82) is 0 Å². The number of methoxy groups -OCH3 is 1. The summed E-state index contributed by atoms with van der Waals surface area (Å²) < 4.78 is 11.0. The van der Waals surface area contributed by atoms with Crippen LogP contribution in [0.3, 0.4) is 0 Å². The number of carbonyl (C=O) groups is 2. The van der Waals surface area contributed by atoms with Crippen LogP contribution in [0.2, 0.25) is 5.02 Å². The van der Waals surface area contributed by atoms with Gasteiger partial charge in [-0.2, -0.15) is 0 Å². The van der Waals surface area contributed by atoms with E-state index in [-0.39, 0.29) is 18.4 Å². The van der Waals surface area contributed by atoms with Crippen molar-refractivity contribution in [1.82, 2.24) is 9.80 Å². The normalized spacial score (nSPS) is 17.1. The first-order valence-corrected chi connectivity index (χ1v) is 12.3. The molecule has 8 heteroatoms. The van der Waals surface area contributed by atoms with Gasteiger partial charge in [-0.25, -0.2) is 0 Å². The van der Waals surface area contributed by atoms with Gasteiger partial charge in [-0.3, -0.25) is 9.59 Å². The molecule has 0 unspecified atom stereocenters. The Labute approximate surface area is 206 Å². The summed E-state index contributed by atoms with van der Waals surface area (Å²) in [7, 11) is 1.52. The molecule has 0 aromatic heterocycles. The van der Waals surface area contributed by atoms with E-state index in [4.69, 9.17) is 21.1 Å². The standard InChI is InChI=1S/C26H32ClN3O4/c1-33-24-11-6-20(18-23(24)27)26(32)29-15-16-30(25(31)19-29)21-7-9-22(10-8-21)34-17-5-14-28-12-3-2-4-13-28/h6-11,18H,2-5,12-17,19H2,1H3. The van der Waals surface area contributed by atoms with Gasteiger partial charge in [0.05, 0.1) is 18.7 Å². The van der Waals surface area contributed by atoms with Gasteiger partial charge in [-0.15, -0.1) is 0 Å². The van der Waals surface area contributed by atoms with Crippen molar-refractivity contribution in [3.8, 4) is 11.5 Å². The highest BCUT2D eigenvalue weighted by Crippen LogP contribution is 2.26. The molecule has 4 rings (SSSR count). The highest BCUT2D eigenvalue weighted by atomic mass is 35.5. The maximum atomic E-state index is 12.8. The van der Waals surface area contributed by atoms with Crippen LogP contribution in [0.4, 0.5) is 5.69 Å². The third-order valence-electron chi connectivity index (χ3n) is 6.39. The molecule has 0 saturated carbocycles. The fraction of sp³-hybridized carbons (Fsp3) is 0.462. The van der Waals surface area contributed by atoms with E-state index in [9.17, 15) is 9.59 Å². The van der Waals surface area contributed by atoms with Gasteiger partial charge >= 0.3 is 0 Å². The second-order valence-corrected chi connectivity index (χ2v) is 9.13. The molecule has 7 nitrogen and oxygen atoms in total. The molecular formula is C26H32ClN3O4. The molecule has 0 N–H and O–H groups in total. The van der Waals surface area contributed by atoms with E-state index in [2.05, 4.69) is 4.90 Å². The second kappa shape index (κ2) is 11.6. The van der Waals surface area contributed by atoms with Gasteiger partial charge in [-0.05, 0) is 74.8 Å². The molecule has 0 aliphatic carbocycles. The fourth-order valence-electron chi connectivity index (χ4n) is 4.49. The largest absolute Gasteiger partial charge is 0.495 e. The third kappa shape index (κ3) is 6.02. The maximum absolute atomic E-state index is 12.8. The van der Waals surface area contributed by atoms with E-state index in [0.717, 1.165) is 24.4 Å².